The summed E-state index contributed by atoms with van der Waals surface area (Å²) >= 11 is -3.77. The van der Waals surface area contributed by atoms with Gasteiger partial charge in [0.05, 0.1) is 0 Å². The molecule has 0 saturated carbocycles. The van der Waals surface area contributed by atoms with Crippen LogP contribution < -0.4 is 0 Å². The van der Waals surface area contributed by atoms with Crippen molar-refractivity contribution in [2.45, 2.75) is 82.2 Å². The maximum absolute atomic E-state index is 12.5. The van der Waals surface area contributed by atoms with Gasteiger partial charge in [0.1, 0.15) is 0 Å². The molecule has 1 aliphatic carbocycles. The predicted molar refractivity (Wildman–Crippen MR) is 116 cm³/mol. The second kappa shape index (κ2) is 23.9. The summed E-state index contributed by atoms with van der Waals surface area (Å²) in [6, 6.07) is 0. The van der Waals surface area contributed by atoms with Crippen LogP contribution in [0.5, 0.6) is 0 Å². The van der Waals surface area contributed by atoms with Gasteiger partial charge in [-0.15, -0.1) is 0 Å². The number of alkyl halides is 3. The third-order valence-electron chi connectivity index (χ3n) is 3.67. The van der Waals surface area contributed by atoms with Gasteiger partial charge in [-0.1, -0.05) is 59.3 Å². The average Bonchev–Trinajstić information content (AvgIpc) is 3.13. The van der Waals surface area contributed by atoms with E-state index in [4.69, 9.17) is 17.2 Å². The van der Waals surface area contributed by atoms with E-state index in [1.807, 2.05) is 0 Å². The normalized spacial score (nSPS) is 12.3. The van der Waals surface area contributed by atoms with Gasteiger partial charge in [-0.3, -0.25) is 0 Å². The Labute approximate surface area is 193 Å². The molecule has 3 N–H and O–H groups in total. The molecular weight excluding hydrogens is 503 g/mol. The van der Waals surface area contributed by atoms with Crippen molar-refractivity contribution in [3.8, 4) is 0 Å². The smallest absolute Gasteiger partial charge is 4.00 e. The van der Waals surface area contributed by atoms with Crippen molar-refractivity contribution >= 4 is 13.3 Å². The van der Waals surface area contributed by atoms with Crippen LogP contribution in [0.25, 0.3) is 17.2 Å². The molecule has 0 aromatic rings. The molecule has 0 radical (unpaired) electrons. The molecule has 1 aliphatic rings. The van der Waals surface area contributed by atoms with Crippen LogP contribution in [0, 0.1) is 6.08 Å². The second-order valence-electron chi connectivity index (χ2n) is 6.63. The summed E-state index contributed by atoms with van der Waals surface area (Å²) in [4.78, 5) is 0. The minimum atomic E-state index is -4.00. The van der Waals surface area contributed by atoms with Gasteiger partial charge in [0.25, 0.3) is 0 Å². The summed E-state index contributed by atoms with van der Waals surface area (Å²) < 4.78 is 37.9. The number of allylic oxidation sites excluding steroid dienone is 4. The van der Waals surface area contributed by atoms with E-state index in [1.165, 1.54) is 11.5 Å². The average molecular weight is 543 g/mol. The van der Waals surface area contributed by atoms with Gasteiger partial charge in [-0.05, 0) is 0 Å². The molecule has 0 amide bonds. The van der Waals surface area contributed by atoms with Crippen molar-refractivity contribution in [2.75, 3.05) is 19.6 Å². The fourth-order valence-electron chi connectivity index (χ4n) is 1.52. The SMILES string of the molecule is CCCC[NH-].CCCC[NH-].CCCC[NH-].[CH3][Ge]([CH3])([C]1=[C-]CC=C1)[C](F)(F)F.[Zr+4]. The molecule has 0 aliphatic heterocycles. The Balaban J connectivity index is -0.000000153. The van der Waals surface area contributed by atoms with E-state index in [0.29, 0.717) is 30.5 Å². The number of unbranched alkanes of at least 4 members (excludes halogenated alkanes) is 3. The fourth-order valence-corrected chi connectivity index (χ4v) is 4.42. The van der Waals surface area contributed by atoms with Gasteiger partial charge in [0.15, 0.2) is 0 Å². The monoisotopic (exact) mass is 543 g/mol. The van der Waals surface area contributed by atoms with Crippen LogP contribution in [0.4, 0.5) is 13.2 Å². The van der Waals surface area contributed by atoms with Gasteiger partial charge in [-0.2, -0.15) is 19.6 Å². The van der Waals surface area contributed by atoms with Crippen molar-refractivity contribution in [1.82, 2.24) is 0 Å². The predicted octanol–water partition coefficient (Wildman–Crippen LogP) is 8.54. The van der Waals surface area contributed by atoms with Crippen LogP contribution in [0.15, 0.2) is 16.6 Å². The zero-order valence-electron chi connectivity index (χ0n) is 18.4. The molecule has 0 bridgehead atoms. The summed E-state index contributed by atoms with van der Waals surface area (Å²) in [6.45, 7) is 8.06. The number of nitrogens with one attached hydrogen (secondary N) is 3. The van der Waals surface area contributed by atoms with Crippen LogP contribution in [-0.4, -0.2) is 37.9 Å². The first-order valence-electron chi connectivity index (χ1n) is 9.88. The zero-order chi connectivity index (χ0) is 21.8. The van der Waals surface area contributed by atoms with E-state index >= 15 is 0 Å². The standard InChI is InChI=1S/C8H10F3Ge.3C4H10N.Zr/c1-12(2,8(9,10)11)7-5-3-4-6-7;3*1-2-3-4-5;/h3,5H,4H2,1-2H3;3*5H,2-4H2,1H3;/q4*-1;+4. The molecule has 0 spiro atoms. The van der Waals surface area contributed by atoms with Crippen molar-refractivity contribution < 1.29 is 39.4 Å². The number of hydrogen-bond acceptors (Lipinski definition) is 0. The summed E-state index contributed by atoms with van der Waals surface area (Å²) in [5.74, 6) is 2.72. The van der Waals surface area contributed by atoms with Gasteiger partial charge in [-0.25, -0.2) is 0 Å². The summed E-state index contributed by atoms with van der Waals surface area (Å²) in [5.41, 5.74) is 19.8. The quantitative estimate of drug-likeness (QED) is 0.228. The van der Waals surface area contributed by atoms with Crippen LogP contribution >= 0.6 is 0 Å². The third kappa shape index (κ3) is 21.3. The maximum atomic E-state index is 12.5. The van der Waals surface area contributed by atoms with E-state index in [1.54, 1.807) is 12.2 Å². The molecule has 0 atom stereocenters. The Morgan fingerprint density at radius 1 is 0.893 bits per heavy atom. The Kier molecular flexibility index (Phi) is 30.6. The van der Waals surface area contributed by atoms with Crippen LogP contribution in [-0.2, 0) is 26.2 Å². The number of rotatable bonds is 7. The zero-order valence-corrected chi connectivity index (χ0v) is 22.9. The van der Waals surface area contributed by atoms with Crippen LogP contribution in [0.1, 0.15) is 65.7 Å². The first-order chi connectivity index (χ1) is 12.6. The Morgan fingerprint density at radius 3 is 1.39 bits per heavy atom. The molecule has 3 nitrogen and oxygen atoms in total. The Bertz CT molecular complexity index is 354. The fraction of sp³-hybridized carbons (Fsp3) is 0.800. The second-order valence-corrected chi connectivity index (χ2v) is 15.8. The van der Waals surface area contributed by atoms with Gasteiger partial charge in [0, 0.05) is 0 Å². The molecule has 0 unspecified atom stereocenters. The van der Waals surface area contributed by atoms with Gasteiger partial charge < -0.3 is 17.2 Å². The Morgan fingerprint density at radius 2 is 1.25 bits per heavy atom. The number of hydrogen-bond donors (Lipinski definition) is 0. The summed E-state index contributed by atoms with van der Waals surface area (Å²) in [6.07, 6.45) is 13.3. The van der Waals surface area contributed by atoms with Crippen molar-refractivity contribution in [3.63, 3.8) is 0 Å². The first kappa shape index (κ1) is 36.0. The van der Waals surface area contributed by atoms with Gasteiger partial charge >= 0.3 is 98.2 Å². The Hall–Kier alpha value is 0.576. The molecule has 0 aromatic carbocycles. The first-order valence-corrected chi connectivity index (χ1v) is 16.2. The molecule has 0 saturated heterocycles. The third-order valence-corrected chi connectivity index (χ3v) is 10.2. The van der Waals surface area contributed by atoms with Gasteiger partial charge in [0.2, 0.25) is 0 Å². The van der Waals surface area contributed by atoms with E-state index in [9.17, 15) is 13.2 Å². The largest absolute Gasteiger partial charge is 4.00 e. The van der Waals surface area contributed by atoms with Crippen LogP contribution in [0.2, 0.25) is 11.5 Å². The van der Waals surface area contributed by atoms with E-state index in [0.717, 1.165) is 38.5 Å². The minimum absolute atomic E-state index is 0. The van der Waals surface area contributed by atoms with E-state index < -0.39 is 18.3 Å². The maximum Gasteiger partial charge on any atom is 4.00 e. The summed E-state index contributed by atoms with van der Waals surface area (Å²) in [5, 5.41) is -4.00. The molecule has 8 heteroatoms. The van der Waals surface area contributed by atoms with Crippen molar-refractivity contribution in [3.05, 3.63) is 39.8 Å². The molecule has 28 heavy (non-hydrogen) atoms. The van der Waals surface area contributed by atoms with Crippen molar-refractivity contribution in [2.24, 2.45) is 0 Å². The number of halogens is 3. The molecule has 0 fully saturated rings. The topological polar surface area (TPSA) is 71.4 Å². The van der Waals surface area contributed by atoms with Crippen molar-refractivity contribution in [1.29, 1.82) is 0 Å². The minimum Gasteiger partial charge on any atom is 4.00 e. The molecule has 1 rings (SSSR count). The molecule has 164 valence electrons. The molecule has 0 heterocycles. The van der Waals surface area contributed by atoms with E-state index in [-0.39, 0.29) is 26.2 Å². The van der Waals surface area contributed by atoms with Crippen LogP contribution in [0.3, 0.4) is 0 Å². The summed E-state index contributed by atoms with van der Waals surface area (Å²) in [7, 11) is 0. The molecular formula is C20H40F3GeN3Zr. The molecule has 0 aromatic heterocycles. The van der Waals surface area contributed by atoms with E-state index in [2.05, 4.69) is 26.8 Å².